The maximum atomic E-state index is 3.34. The van der Waals surface area contributed by atoms with Crippen LogP contribution in [0.15, 0.2) is 0 Å². The molecule has 0 aromatic rings. The minimum Gasteiger partial charge on any atom is -0.315 e. The molecule has 1 rings (SSSR count). The van der Waals surface area contributed by atoms with Crippen LogP contribution in [-0.2, 0) is 0 Å². The topological polar surface area (TPSA) is 24.1 Å². The van der Waals surface area contributed by atoms with Crippen molar-refractivity contribution in [1.29, 1.82) is 0 Å². The molecule has 0 aromatic carbocycles. The third kappa shape index (κ3) is 1.70. The van der Waals surface area contributed by atoms with Crippen LogP contribution in [0.2, 0.25) is 0 Å². The van der Waals surface area contributed by atoms with Gasteiger partial charge in [0.2, 0.25) is 0 Å². The monoisotopic (exact) mass is 146 g/mol. The van der Waals surface area contributed by atoms with Gasteiger partial charge in [-0.2, -0.15) is 0 Å². The summed E-state index contributed by atoms with van der Waals surface area (Å²) in [5.74, 6) is 0. The molecule has 0 saturated heterocycles. The van der Waals surface area contributed by atoms with Crippen molar-refractivity contribution in [1.82, 2.24) is 10.6 Å². The highest BCUT2D eigenvalue weighted by atomic mass is 15.0. The van der Waals surface area contributed by atoms with Gasteiger partial charge in [0, 0.05) is 14.9 Å². The lowest BCUT2D eigenvalue weighted by Gasteiger charge is -2.30. The van der Waals surface area contributed by atoms with Gasteiger partial charge in [-0.1, -0.05) is 12.8 Å². The number of rotatable bonds is 2. The molecule has 0 unspecified atom stereocenters. The molecule has 64 valence electrons. The van der Waals surface area contributed by atoms with Gasteiger partial charge in [0.05, 0.1) is 0 Å². The molecule has 0 heterocycles. The Labute approximate surface area is 66.4 Å². The van der Waals surface area contributed by atoms with E-state index in [1.165, 1.54) is 25.7 Å². The predicted octanol–water partition coefficient (Wildman–Crippen LogP) is 1.23. The van der Waals surface area contributed by atoms with Crippen molar-refractivity contribution >= 4 is 0 Å². The highest BCUT2D eigenvalue weighted by Gasteiger charge is 2.21. The van der Waals surface area contributed by atoms with Gasteiger partial charge in [-0.25, -0.2) is 0 Å². The molecule has 10 heavy (non-hydrogen) atoms. The Morgan fingerprint density at radius 2 is 1.40 bits per heavy atom. The van der Waals surface area contributed by atoms with Crippen LogP contribution in [0.4, 0.5) is 0 Å². The van der Waals surface area contributed by atoms with Crippen molar-refractivity contribution in [3.8, 4) is 0 Å². The first kappa shape index (κ1) is 8.02. The molecular formula is C8H22N2. The van der Waals surface area contributed by atoms with Crippen molar-refractivity contribution in [2.75, 3.05) is 14.1 Å². The SMILES string of the molecule is CN[C@H]1CCCC[C@@H]1NC.[HH].[HH]. The van der Waals surface area contributed by atoms with Crippen molar-refractivity contribution in [2.45, 2.75) is 37.8 Å². The van der Waals surface area contributed by atoms with E-state index in [-0.39, 0.29) is 2.85 Å². The molecular weight excluding hydrogens is 124 g/mol. The summed E-state index contributed by atoms with van der Waals surface area (Å²) >= 11 is 0. The highest BCUT2D eigenvalue weighted by molar-refractivity contribution is 4.83. The fourth-order valence-electron chi connectivity index (χ4n) is 1.82. The van der Waals surface area contributed by atoms with Crippen LogP contribution in [0.5, 0.6) is 0 Å². The van der Waals surface area contributed by atoms with Gasteiger partial charge in [-0.05, 0) is 26.9 Å². The van der Waals surface area contributed by atoms with Crippen molar-refractivity contribution < 1.29 is 2.85 Å². The molecule has 1 aliphatic rings. The summed E-state index contributed by atoms with van der Waals surface area (Å²) in [4.78, 5) is 0. The fourth-order valence-corrected chi connectivity index (χ4v) is 1.82. The second kappa shape index (κ2) is 3.94. The largest absolute Gasteiger partial charge is 0.315 e. The summed E-state index contributed by atoms with van der Waals surface area (Å²) in [6.07, 6.45) is 5.46. The third-order valence-corrected chi connectivity index (χ3v) is 2.51. The maximum Gasteiger partial charge on any atom is 0.0218 e. The van der Waals surface area contributed by atoms with Gasteiger partial charge in [0.1, 0.15) is 0 Å². The lowest BCUT2D eigenvalue weighted by molar-refractivity contribution is 0.309. The predicted molar refractivity (Wildman–Crippen MR) is 48.4 cm³/mol. The second-order valence-electron chi connectivity index (χ2n) is 3.07. The molecule has 2 N–H and O–H groups in total. The summed E-state index contributed by atoms with van der Waals surface area (Å²) in [5, 5.41) is 6.68. The molecule has 0 aliphatic heterocycles. The Kier molecular flexibility index (Phi) is 3.16. The van der Waals surface area contributed by atoms with Crippen LogP contribution < -0.4 is 10.6 Å². The molecule has 0 spiro atoms. The Bertz CT molecular complexity index is 89.1. The Morgan fingerprint density at radius 3 is 1.70 bits per heavy atom. The van der Waals surface area contributed by atoms with Gasteiger partial charge >= 0.3 is 0 Å². The van der Waals surface area contributed by atoms with Crippen LogP contribution in [-0.4, -0.2) is 26.2 Å². The fraction of sp³-hybridized carbons (Fsp3) is 1.00. The normalized spacial score (nSPS) is 34.2. The average molecular weight is 146 g/mol. The average Bonchev–Trinajstić information content (AvgIpc) is 2.04. The van der Waals surface area contributed by atoms with E-state index in [2.05, 4.69) is 24.7 Å². The van der Waals surface area contributed by atoms with Crippen LogP contribution in [0, 0.1) is 0 Å². The Hall–Kier alpha value is -0.0800. The van der Waals surface area contributed by atoms with E-state index in [0.717, 1.165) is 0 Å². The van der Waals surface area contributed by atoms with Gasteiger partial charge in [0.25, 0.3) is 0 Å². The standard InChI is InChI=1S/C8H18N2.2H2/c1-9-7-5-3-4-6-8(7)10-2;;/h7-10H,3-6H2,1-2H3;2*1H/t7-,8-;;/m0../s1. The first-order chi connectivity index (χ1) is 4.88. The summed E-state index contributed by atoms with van der Waals surface area (Å²) in [5.41, 5.74) is 0. The highest BCUT2D eigenvalue weighted by Crippen LogP contribution is 2.17. The Balaban J connectivity index is 0. The molecule has 0 bridgehead atoms. The lowest BCUT2D eigenvalue weighted by atomic mass is 9.91. The molecule has 1 saturated carbocycles. The molecule has 2 nitrogen and oxygen atoms in total. The molecule has 2 atom stereocenters. The minimum absolute atomic E-state index is 0. The smallest absolute Gasteiger partial charge is 0.0218 e. The van der Waals surface area contributed by atoms with Crippen molar-refractivity contribution in [3.63, 3.8) is 0 Å². The van der Waals surface area contributed by atoms with E-state index >= 15 is 0 Å². The van der Waals surface area contributed by atoms with E-state index in [1.807, 2.05) is 0 Å². The van der Waals surface area contributed by atoms with Gasteiger partial charge in [-0.3, -0.25) is 0 Å². The van der Waals surface area contributed by atoms with E-state index < -0.39 is 0 Å². The van der Waals surface area contributed by atoms with E-state index in [4.69, 9.17) is 0 Å². The molecule has 0 amide bonds. The molecule has 0 radical (unpaired) electrons. The van der Waals surface area contributed by atoms with Gasteiger partial charge in [-0.15, -0.1) is 0 Å². The maximum absolute atomic E-state index is 3.34. The zero-order chi connectivity index (χ0) is 7.40. The molecule has 2 heteroatoms. The van der Waals surface area contributed by atoms with E-state index in [9.17, 15) is 0 Å². The number of hydrogen-bond acceptors (Lipinski definition) is 2. The van der Waals surface area contributed by atoms with Crippen LogP contribution >= 0.6 is 0 Å². The number of nitrogens with one attached hydrogen (secondary N) is 2. The van der Waals surface area contributed by atoms with E-state index in [0.29, 0.717) is 12.1 Å². The minimum atomic E-state index is 0. The van der Waals surface area contributed by atoms with E-state index in [1.54, 1.807) is 0 Å². The van der Waals surface area contributed by atoms with Crippen molar-refractivity contribution in [3.05, 3.63) is 0 Å². The lowest BCUT2D eigenvalue weighted by Crippen LogP contribution is -2.47. The third-order valence-electron chi connectivity index (χ3n) is 2.51. The van der Waals surface area contributed by atoms with Crippen molar-refractivity contribution in [2.24, 2.45) is 0 Å². The summed E-state index contributed by atoms with van der Waals surface area (Å²) in [7, 11) is 4.11. The van der Waals surface area contributed by atoms with Crippen LogP contribution in [0.1, 0.15) is 28.5 Å². The second-order valence-corrected chi connectivity index (χ2v) is 3.07. The zero-order valence-electron chi connectivity index (χ0n) is 6.98. The molecule has 1 fully saturated rings. The molecule has 1 aliphatic carbocycles. The first-order valence-electron chi connectivity index (χ1n) is 4.23. The van der Waals surface area contributed by atoms with Crippen LogP contribution in [0.25, 0.3) is 0 Å². The Morgan fingerprint density at radius 1 is 1.00 bits per heavy atom. The quantitative estimate of drug-likeness (QED) is 0.612. The first-order valence-corrected chi connectivity index (χ1v) is 4.23. The van der Waals surface area contributed by atoms with Gasteiger partial charge in [0.15, 0.2) is 0 Å². The van der Waals surface area contributed by atoms with Crippen LogP contribution in [0.3, 0.4) is 0 Å². The summed E-state index contributed by atoms with van der Waals surface area (Å²) < 4.78 is 0. The molecule has 0 aromatic heterocycles. The number of hydrogen-bond donors (Lipinski definition) is 2. The number of likely N-dealkylation sites (N-methyl/N-ethyl adjacent to an activating group) is 2. The zero-order valence-corrected chi connectivity index (χ0v) is 6.98. The summed E-state index contributed by atoms with van der Waals surface area (Å²) in [6.45, 7) is 0. The van der Waals surface area contributed by atoms with Gasteiger partial charge < -0.3 is 10.6 Å². The summed E-state index contributed by atoms with van der Waals surface area (Å²) in [6, 6.07) is 1.41.